The minimum absolute atomic E-state index is 0.192. The Morgan fingerprint density at radius 2 is 1.90 bits per heavy atom. The molecule has 116 valence electrons. The van der Waals surface area contributed by atoms with Crippen LogP contribution in [0.15, 0.2) is 12.1 Å². The van der Waals surface area contributed by atoms with Crippen molar-refractivity contribution in [3.63, 3.8) is 0 Å². The third-order valence-corrected chi connectivity index (χ3v) is 5.67. The second kappa shape index (κ2) is 5.15. The van der Waals surface area contributed by atoms with Crippen LogP contribution in [0.1, 0.15) is 30.5 Å². The molecule has 1 aromatic carbocycles. The van der Waals surface area contributed by atoms with Crippen molar-refractivity contribution in [1.29, 1.82) is 0 Å². The van der Waals surface area contributed by atoms with Crippen LogP contribution in [0.5, 0.6) is 11.5 Å². The molecular formula is C14H19NO5S. The Labute approximate surface area is 124 Å². The molecule has 6 nitrogen and oxygen atoms in total. The summed E-state index contributed by atoms with van der Waals surface area (Å²) in [7, 11) is -0.474. The third kappa shape index (κ3) is 2.39. The molecule has 0 saturated carbocycles. The maximum atomic E-state index is 12.2. The molecule has 1 saturated heterocycles. The Bertz CT molecular complexity index is 658. The summed E-state index contributed by atoms with van der Waals surface area (Å²) in [6.45, 7) is 2.21. The normalized spacial score (nSPS) is 27.6. The number of methoxy groups -OCH3 is 2. The fourth-order valence-electron chi connectivity index (χ4n) is 3.13. The van der Waals surface area contributed by atoms with Crippen molar-refractivity contribution in [2.24, 2.45) is 0 Å². The minimum atomic E-state index is -3.65. The average molecular weight is 313 g/mol. The molecule has 0 aromatic heterocycles. The highest BCUT2D eigenvalue weighted by molar-refractivity contribution is 7.84. The quantitative estimate of drug-likeness (QED) is 0.831. The maximum absolute atomic E-state index is 12.2. The maximum Gasteiger partial charge on any atom is 0.339 e. The van der Waals surface area contributed by atoms with Crippen LogP contribution >= 0.6 is 0 Å². The van der Waals surface area contributed by atoms with Gasteiger partial charge in [-0.15, -0.1) is 0 Å². The van der Waals surface area contributed by atoms with Gasteiger partial charge in [0.15, 0.2) is 11.5 Å². The van der Waals surface area contributed by atoms with Crippen molar-refractivity contribution in [3.8, 4) is 11.5 Å². The highest BCUT2D eigenvalue weighted by Crippen LogP contribution is 2.43. The molecule has 1 fully saturated rings. The number of hydrogen-bond acceptors (Lipinski definition) is 5. The van der Waals surface area contributed by atoms with Crippen LogP contribution in [-0.2, 0) is 20.9 Å². The number of hydrogen-bond donors (Lipinski definition) is 0. The molecule has 0 bridgehead atoms. The molecule has 3 rings (SSSR count). The molecule has 2 heterocycles. The third-order valence-electron chi connectivity index (χ3n) is 4.08. The van der Waals surface area contributed by atoms with Gasteiger partial charge < -0.3 is 9.47 Å². The molecule has 2 aliphatic rings. The lowest BCUT2D eigenvalue weighted by Crippen LogP contribution is -2.47. The lowest BCUT2D eigenvalue weighted by Gasteiger charge is -2.41. The molecule has 0 unspecified atom stereocenters. The topological polar surface area (TPSA) is 65.1 Å². The number of ether oxygens (including phenoxy) is 2. The summed E-state index contributed by atoms with van der Waals surface area (Å²) >= 11 is 0. The summed E-state index contributed by atoms with van der Waals surface area (Å²) in [6, 6.07) is 3.64. The van der Waals surface area contributed by atoms with E-state index in [9.17, 15) is 8.42 Å². The Balaban J connectivity index is 2.09. The predicted molar refractivity (Wildman–Crippen MR) is 76.8 cm³/mol. The van der Waals surface area contributed by atoms with Crippen LogP contribution in [0.3, 0.4) is 0 Å². The second-order valence-electron chi connectivity index (χ2n) is 5.38. The first kappa shape index (κ1) is 14.6. The molecule has 0 amide bonds. The van der Waals surface area contributed by atoms with E-state index >= 15 is 0 Å². The van der Waals surface area contributed by atoms with E-state index in [4.69, 9.17) is 13.7 Å². The van der Waals surface area contributed by atoms with E-state index in [1.807, 2.05) is 12.1 Å². The zero-order chi connectivity index (χ0) is 15.2. The molecule has 0 N–H and O–H groups in total. The van der Waals surface area contributed by atoms with Crippen molar-refractivity contribution in [2.45, 2.75) is 31.9 Å². The predicted octanol–water partition coefficient (Wildman–Crippen LogP) is 1.66. The smallest absolute Gasteiger partial charge is 0.339 e. The Kier molecular flexibility index (Phi) is 3.59. The lowest BCUT2D eigenvalue weighted by molar-refractivity contribution is 0.104. The largest absolute Gasteiger partial charge is 0.493 e. The highest BCUT2D eigenvalue weighted by Gasteiger charge is 2.42. The van der Waals surface area contributed by atoms with Gasteiger partial charge in [-0.3, -0.25) is 4.18 Å². The molecule has 7 heteroatoms. The van der Waals surface area contributed by atoms with E-state index in [1.54, 1.807) is 21.1 Å². The first-order valence-electron chi connectivity index (χ1n) is 6.91. The lowest BCUT2D eigenvalue weighted by atomic mass is 9.90. The molecule has 0 aliphatic carbocycles. The van der Waals surface area contributed by atoms with Crippen molar-refractivity contribution in [2.75, 3.05) is 20.8 Å². The Hall–Kier alpha value is -1.31. The van der Waals surface area contributed by atoms with Gasteiger partial charge in [-0.25, -0.2) is 0 Å². The SMILES string of the molecule is COc1cc2c(cc1OC)[C@H]1C[C@H](C)OS(=O)(=O)N1CC2. The summed E-state index contributed by atoms with van der Waals surface area (Å²) in [5.74, 6) is 1.29. The van der Waals surface area contributed by atoms with Gasteiger partial charge in [-0.1, -0.05) is 0 Å². The van der Waals surface area contributed by atoms with Crippen LogP contribution in [0.4, 0.5) is 0 Å². The van der Waals surface area contributed by atoms with Crippen molar-refractivity contribution in [1.82, 2.24) is 4.31 Å². The monoisotopic (exact) mass is 313 g/mol. The van der Waals surface area contributed by atoms with E-state index in [0.717, 1.165) is 11.1 Å². The number of nitrogens with zero attached hydrogens (tertiary/aromatic N) is 1. The number of benzene rings is 1. The van der Waals surface area contributed by atoms with Crippen LogP contribution in [0.25, 0.3) is 0 Å². The molecular weight excluding hydrogens is 294 g/mol. The highest BCUT2D eigenvalue weighted by atomic mass is 32.2. The van der Waals surface area contributed by atoms with Crippen LogP contribution in [-0.4, -0.2) is 39.6 Å². The minimum Gasteiger partial charge on any atom is -0.493 e. The molecule has 0 radical (unpaired) electrons. The summed E-state index contributed by atoms with van der Waals surface area (Å²) in [5, 5.41) is 0. The first-order valence-corrected chi connectivity index (χ1v) is 8.27. The van der Waals surface area contributed by atoms with Gasteiger partial charge in [0, 0.05) is 6.54 Å². The first-order chi connectivity index (χ1) is 9.96. The van der Waals surface area contributed by atoms with E-state index in [1.165, 1.54) is 4.31 Å². The summed E-state index contributed by atoms with van der Waals surface area (Å²) in [4.78, 5) is 0. The van der Waals surface area contributed by atoms with Gasteiger partial charge in [0.1, 0.15) is 0 Å². The average Bonchev–Trinajstić information content (AvgIpc) is 2.44. The van der Waals surface area contributed by atoms with Gasteiger partial charge >= 0.3 is 10.3 Å². The van der Waals surface area contributed by atoms with Gasteiger partial charge in [0.2, 0.25) is 0 Å². The molecule has 1 aromatic rings. The van der Waals surface area contributed by atoms with E-state index in [-0.39, 0.29) is 12.1 Å². The van der Waals surface area contributed by atoms with Crippen molar-refractivity contribution in [3.05, 3.63) is 23.3 Å². The van der Waals surface area contributed by atoms with Gasteiger partial charge in [-0.2, -0.15) is 12.7 Å². The summed E-state index contributed by atoms with van der Waals surface area (Å²) < 4.78 is 41.5. The summed E-state index contributed by atoms with van der Waals surface area (Å²) in [5.41, 5.74) is 2.09. The van der Waals surface area contributed by atoms with Gasteiger partial charge in [-0.05, 0) is 43.0 Å². The molecule has 2 aliphatic heterocycles. The van der Waals surface area contributed by atoms with E-state index in [2.05, 4.69) is 0 Å². The van der Waals surface area contributed by atoms with Gasteiger partial charge in [0.05, 0.1) is 26.4 Å². The summed E-state index contributed by atoms with van der Waals surface area (Å²) in [6.07, 6.45) is 0.959. The molecule has 0 spiro atoms. The van der Waals surface area contributed by atoms with E-state index in [0.29, 0.717) is 30.9 Å². The second-order valence-corrected chi connectivity index (χ2v) is 6.90. The fourth-order valence-corrected chi connectivity index (χ4v) is 4.56. The fraction of sp³-hybridized carbons (Fsp3) is 0.571. The zero-order valence-corrected chi connectivity index (χ0v) is 13.1. The zero-order valence-electron chi connectivity index (χ0n) is 12.3. The Morgan fingerprint density at radius 1 is 1.24 bits per heavy atom. The standard InChI is InChI=1S/C14H19NO5S/c1-9-6-12-11-8-14(19-3)13(18-2)7-10(11)4-5-15(12)21(16,17)20-9/h7-9,12H,4-6H2,1-3H3/t9-,12+/m0/s1. The van der Waals surface area contributed by atoms with Gasteiger partial charge in [0.25, 0.3) is 0 Å². The number of fused-ring (bicyclic) bond motifs is 3. The van der Waals surface area contributed by atoms with Crippen LogP contribution in [0.2, 0.25) is 0 Å². The van der Waals surface area contributed by atoms with Crippen molar-refractivity contribution < 1.29 is 22.1 Å². The van der Waals surface area contributed by atoms with Crippen LogP contribution < -0.4 is 9.47 Å². The Morgan fingerprint density at radius 3 is 2.57 bits per heavy atom. The van der Waals surface area contributed by atoms with E-state index < -0.39 is 10.3 Å². The number of rotatable bonds is 2. The molecule has 21 heavy (non-hydrogen) atoms. The van der Waals surface area contributed by atoms with Crippen LogP contribution in [0, 0.1) is 0 Å². The molecule has 2 atom stereocenters. The van der Waals surface area contributed by atoms with Crippen molar-refractivity contribution >= 4 is 10.3 Å².